The van der Waals surface area contributed by atoms with Gasteiger partial charge in [-0.05, 0) is 38.9 Å². The second-order valence-corrected chi connectivity index (χ2v) is 7.23. The Bertz CT molecular complexity index is 904. The Morgan fingerprint density at radius 3 is 2.63 bits per heavy atom. The molecule has 27 heavy (non-hydrogen) atoms. The van der Waals surface area contributed by atoms with Crippen LogP contribution < -0.4 is 5.73 Å². The van der Waals surface area contributed by atoms with Crippen molar-refractivity contribution in [3.05, 3.63) is 53.8 Å². The molecule has 0 unspecified atom stereocenters. The van der Waals surface area contributed by atoms with E-state index in [4.69, 9.17) is 5.73 Å². The molecule has 8 heteroatoms. The van der Waals surface area contributed by atoms with Gasteiger partial charge in [-0.3, -0.25) is 4.90 Å². The number of imidazole rings is 1. The van der Waals surface area contributed by atoms with Gasteiger partial charge in [0.1, 0.15) is 17.5 Å². The highest BCUT2D eigenvalue weighted by Crippen LogP contribution is 2.28. The van der Waals surface area contributed by atoms with Crippen molar-refractivity contribution in [2.24, 2.45) is 7.05 Å². The molecule has 1 saturated heterocycles. The molecule has 0 aliphatic carbocycles. The van der Waals surface area contributed by atoms with Crippen LogP contribution >= 0.6 is 0 Å². The maximum atomic E-state index is 5.98. The largest absolute Gasteiger partial charge is 0.383 e. The molecule has 0 radical (unpaired) electrons. The van der Waals surface area contributed by atoms with Crippen molar-refractivity contribution in [1.29, 1.82) is 0 Å². The second kappa shape index (κ2) is 7.48. The average molecular weight is 366 g/mol. The monoisotopic (exact) mass is 366 g/mol. The number of likely N-dealkylation sites (tertiary alicyclic amines) is 1. The van der Waals surface area contributed by atoms with Gasteiger partial charge in [-0.25, -0.2) is 9.97 Å². The molecule has 4 heterocycles. The van der Waals surface area contributed by atoms with E-state index in [-0.39, 0.29) is 0 Å². The molecule has 2 N–H and O–H groups in total. The number of hydrogen-bond acceptors (Lipinski definition) is 6. The molecular formula is C19H26N8. The highest BCUT2D eigenvalue weighted by Gasteiger charge is 2.25. The van der Waals surface area contributed by atoms with E-state index in [1.54, 1.807) is 6.20 Å². The summed E-state index contributed by atoms with van der Waals surface area (Å²) in [6, 6.07) is 4.00. The third-order valence-corrected chi connectivity index (χ3v) is 5.51. The highest BCUT2D eigenvalue weighted by molar-refractivity contribution is 5.38. The summed E-state index contributed by atoms with van der Waals surface area (Å²) in [4.78, 5) is 10.9. The molecule has 0 spiro atoms. The van der Waals surface area contributed by atoms with Crippen molar-refractivity contribution < 1.29 is 0 Å². The number of anilines is 1. The Hall–Kier alpha value is -2.74. The molecule has 0 saturated carbocycles. The van der Waals surface area contributed by atoms with Gasteiger partial charge in [0, 0.05) is 43.7 Å². The Labute approximate surface area is 159 Å². The van der Waals surface area contributed by atoms with Gasteiger partial charge in [0.25, 0.3) is 0 Å². The first-order chi connectivity index (χ1) is 13.1. The predicted molar refractivity (Wildman–Crippen MR) is 103 cm³/mol. The Morgan fingerprint density at radius 1 is 1.11 bits per heavy atom. The molecule has 1 fully saturated rings. The van der Waals surface area contributed by atoms with E-state index in [1.807, 2.05) is 25.4 Å². The third kappa shape index (κ3) is 3.71. The van der Waals surface area contributed by atoms with Crippen molar-refractivity contribution in [1.82, 2.24) is 34.2 Å². The van der Waals surface area contributed by atoms with Crippen molar-refractivity contribution in [3.63, 3.8) is 0 Å². The van der Waals surface area contributed by atoms with E-state index in [2.05, 4.69) is 47.3 Å². The van der Waals surface area contributed by atoms with E-state index in [0.717, 1.165) is 55.5 Å². The fourth-order valence-electron chi connectivity index (χ4n) is 3.77. The number of nitrogens with zero attached hydrogens (tertiary/aromatic N) is 7. The lowest BCUT2D eigenvalue weighted by atomic mass is 9.95. The van der Waals surface area contributed by atoms with Crippen LogP contribution in [0.25, 0.3) is 0 Å². The minimum Gasteiger partial charge on any atom is -0.383 e. The molecule has 4 rings (SSSR count). The predicted octanol–water partition coefficient (Wildman–Crippen LogP) is 1.73. The van der Waals surface area contributed by atoms with Crippen molar-refractivity contribution >= 4 is 5.82 Å². The van der Waals surface area contributed by atoms with E-state index >= 15 is 0 Å². The van der Waals surface area contributed by atoms with Gasteiger partial charge < -0.3 is 14.9 Å². The zero-order chi connectivity index (χ0) is 18.8. The van der Waals surface area contributed by atoms with Crippen LogP contribution in [0.4, 0.5) is 5.82 Å². The van der Waals surface area contributed by atoms with Crippen LogP contribution in [0.2, 0.25) is 0 Å². The first kappa shape index (κ1) is 17.7. The molecular weight excluding hydrogens is 340 g/mol. The molecule has 1 aliphatic rings. The van der Waals surface area contributed by atoms with Crippen LogP contribution in [0.1, 0.15) is 41.8 Å². The van der Waals surface area contributed by atoms with E-state index in [1.165, 1.54) is 0 Å². The molecule has 0 atom stereocenters. The number of rotatable bonds is 5. The highest BCUT2D eigenvalue weighted by atomic mass is 15.3. The Morgan fingerprint density at radius 2 is 1.93 bits per heavy atom. The molecule has 0 aromatic carbocycles. The average Bonchev–Trinajstić information content (AvgIpc) is 3.24. The van der Waals surface area contributed by atoms with Crippen molar-refractivity contribution in [2.75, 3.05) is 18.8 Å². The quantitative estimate of drug-likeness (QED) is 0.739. The number of nitrogens with two attached hydrogens (primary N) is 1. The Balaban J connectivity index is 1.38. The zero-order valence-corrected chi connectivity index (χ0v) is 15.9. The van der Waals surface area contributed by atoms with Gasteiger partial charge in [0.05, 0.1) is 6.54 Å². The standard InChI is InChI=1S/C19H26N8/c1-14-21-8-11-27(14)13-17-23-24-19(25(17)2)15-5-9-26(10-6-15)12-16-4-3-7-22-18(16)20/h3-4,7-8,11,15H,5-6,9-10,12-13H2,1-2H3,(H2,20,22). The smallest absolute Gasteiger partial charge is 0.152 e. The fraction of sp³-hybridized carbons (Fsp3) is 0.474. The zero-order valence-electron chi connectivity index (χ0n) is 15.9. The van der Waals surface area contributed by atoms with Crippen LogP contribution in [-0.2, 0) is 20.1 Å². The molecule has 0 bridgehead atoms. The lowest BCUT2D eigenvalue weighted by Crippen LogP contribution is -2.33. The minimum absolute atomic E-state index is 0.447. The van der Waals surface area contributed by atoms with Crippen molar-refractivity contribution in [3.8, 4) is 0 Å². The van der Waals surface area contributed by atoms with E-state index in [0.29, 0.717) is 18.3 Å². The van der Waals surface area contributed by atoms with Crippen LogP contribution in [0.3, 0.4) is 0 Å². The summed E-state index contributed by atoms with van der Waals surface area (Å²) < 4.78 is 4.24. The molecule has 3 aromatic heterocycles. The van der Waals surface area contributed by atoms with Crippen LogP contribution in [0, 0.1) is 6.92 Å². The first-order valence-electron chi connectivity index (χ1n) is 9.39. The summed E-state index contributed by atoms with van der Waals surface area (Å²) in [6.45, 7) is 5.62. The number of hydrogen-bond donors (Lipinski definition) is 1. The van der Waals surface area contributed by atoms with E-state index < -0.39 is 0 Å². The summed E-state index contributed by atoms with van der Waals surface area (Å²) >= 11 is 0. The number of pyridine rings is 1. The Kier molecular flexibility index (Phi) is 4.89. The van der Waals surface area contributed by atoms with E-state index in [9.17, 15) is 0 Å². The molecule has 1 aliphatic heterocycles. The number of nitrogen functional groups attached to an aromatic ring is 1. The maximum Gasteiger partial charge on any atom is 0.152 e. The summed E-state index contributed by atoms with van der Waals surface area (Å²) in [5, 5.41) is 8.93. The van der Waals surface area contributed by atoms with Crippen molar-refractivity contribution in [2.45, 2.75) is 38.8 Å². The van der Waals surface area contributed by atoms with Crippen LogP contribution in [0.15, 0.2) is 30.7 Å². The number of aryl methyl sites for hydroxylation is 1. The van der Waals surface area contributed by atoms with Gasteiger partial charge >= 0.3 is 0 Å². The van der Waals surface area contributed by atoms with Gasteiger partial charge in [-0.2, -0.15) is 0 Å². The molecule has 8 nitrogen and oxygen atoms in total. The lowest BCUT2D eigenvalue weighted by molar-refractivity contribution is 0.200. The SMILES string of the molecule is Cc1nccn1Cc1nnc(C2CCN(Cc3cccnc3N)CC2)n1C. The summed E-state index contributed by atoms with van der Waals surface area (Å²) in [7, 11) is 2.07. The molecule has 3 aromatic rings. The normalized spacial score (nSPS) is 16.1. The third-order valence-electron chi connectivity index (χ3n) is 5.51. The first-order valence-corrected chi connectivity index (χ1v) is 9.39. The van der Waals surface area contributed by atoms with Gasteiger partial charge in [0.15, 0.2) is 5.82 Å². The van der Waals surface area contributed by atoms with Crippen LogP contribution in [-0.4, -0.2) is 47.3 Å². The summed E-state index contributed by atoms with van der Waals surface area (Å²) in [5.74, 6) is 4.12. The van der Waals surface area contributed by atoms with Gasteiger partial charge in [0.2, 0.25) is 0 Å². The van der Waals surface area contributed by atoms with Gasteiger partial charge in [-0.15, -0.1) is 10.2 Å². The number of aromatic nitrogens is 6. The fourth-order valence-corrected chi connectivity index (χ4v) is 3.77. The summed E-state index contributed by atoms with van der Waals surface area (Å²) in [6.07, 6.45) is 7.69. The second-order valence-electron chi connectivity index (χ2n) is 7.23. The minimum atomic E-state index is 0.447. The van der Waals surface area contributed by atoms with Crippen LogP contribution in [0.5, 0.6) is 0 Å². The molecule has 0 amide bonds. The maximum absolute atomic E-state index is 5.98. The lowest BCUT2D eigenvalue weighted by Gasteiger charge is -2.31. The topological polar surface area (TPSA) is 90.7 Å². The van der Waals surface area contributed by atoms with Gasteiger partial charge in [-0.1, -0.05) is 6.07 Å². The number of piperidine rings is 1. The summed E-state index contributed by atoms with van der Waals surface area (Å²) in [5.41, 5.74) is 7.08. The molecule has 142 valence electrons.